The Kier molecular flexibility index (Phi) is 6.84. The molecule has 2 aromatic rings. The van der Waals surface area contributed by atoms with Crippen molar-refractivity contribution in [1.29, 1.82) is 0 Å². The van der Waals surface area contributed by atoms with Crippen molar-refractivity contribution in [2.24, 2.45) is 0 Å². The van der Waals surface area contributed by atoms with Crippen molar-refractivity contribution in [3.63, 3.8) is 0 Å². The molecule has 0 aromatic heterocycles. The number of hydrogen-bond acceptors (Lipinski definition) is 7. The van der Waals surface area contributed by atoms with Crippen LogP contribution in [0.2, 0.25) is 0 Å². The van der Waals surface area contributed by atoms with Gasteiger partial charge in [-0.15, -0.1) is 0 Å². The number of allylic oxidation sites excluding steroid dienone is 1. The van der Waals surface area contributed by atoms with Crippen LogP contribution in [0.25, 0.3) is 12.2 Å². The summed E-state index contributed by atoms with van der Waals surface area (Å²) >= 11 is 0. The van der Waals surface area contributed by atoms with Gasteiger partial charge in [0.1, 0.15) is 5.75 Å². The summed E-state index contributed by atoms with van der Waals surface area (Å²) in [6.07, 6.45) is 3.82. The number of rotatable bonds is 8. The summed E-state index contributed by atoms with van der Waals surface area (Å²) in [5, 5.41) is 20.3. The second-order valence-corrected chi connectivity index (χ2v) is 7.66. The minimum absolute atomic E-state index is 0.0876. The smallest absolute Gasteiger partial charge is 0.179 e. The summed E-state index contributed by atoms with van der Waals surface area (Å²) in [7, 11) is -0.974. The quantitative estimate of drug-likeness (QED) is 0.651. The zero-order valence-corrected chi connectivity index (χ0v) is 16.1. The lowest BCUT2D eigenvalue weighted by Crippen LogP contribution is -2.11. The lowest BCUT2D eigenvalue weighted by molar-refractivity contribution is -0.112. The van der Waals surface area contributed by atoms with E-state index < -0.39 is 21.4 Å². The zero-order chi connectivity index (χ0) is 20.7. The number of sulfone groups is 1. The van der Waals surface area contributed by atoms with Gasteiger partial charge in [0.25, 0.3) is 0 Å². The van der Waals surface area contributed by atoms with Crippen LogP contribution >= 0.6 is 0 Å². The number of hydrogen-bond donors (Lipinski definition) is 2. The number of benzene rings is 2. The number of phenolic OH excluding ortho intramolecular Hbond substituents is 2. The van der Waals surface area contributed by atoms with Gasteiger partial charge in [0.2, 0.25) is 0 Å². The highest BCUT2D eigenvalue weighted by Crippen LogP contribution is 2.27. The molecule has 148 valence electrons. The SMILES string of the molecule is COc1ccc(C=CS(=O)(=O)CC(=O)/C=C\c2ccc(OC)c(O)c2)cc1O. The van der Waals surface area contributed by atoms with Crippen molar-refractivity contribution in [2.75, 3.05) is 20.0 Å². The predicted molar refractivity (Wildman–Crippen MR) is 106 cm³/mol. The summed E-state index contributed by atoms with van der Waals surface area (Å²) in [4.78, 5) is 11.9. The number of ketones is 1. The Labute approximate surface area is 163 Å². The van der Waals surface area contributed by atoms with E-state index >= 15 is 0 Å². The first-order valence-electron chi connectivity index (χ1n) is 8.10. The fourth-order valence-corrected chi connectivity index (χ4v) is 3.24. The third kappa shape index (κ3) is 5.88. The normalized spacial score (nSPS) is 11.8. The van der Waals surface area contributed by atoms with E-state index in [9.17, 15) is 23.4 Å². The summed E-state index contributed by atoms with van der Waals surface area (Å²) < 4.78 is 34.0. The van der Waals surface area contributed by atoms with E-state index in [1.807, 2.05) is 0 Å². The van der Waals surface area contributed by atoms with Crippen LogP contribution in [0.3, 0.4) is 0 Å². The van der Waals surface area contributed by atoms with E-state index in [0.717, 1.165) is 11.5 Å². The highest BCUT2D eigenvalue weighted by molar-refractivity contribution is 7.95. The maximum atomic E-state index is 12.1. The van der Waals surface area contributed by atoms with E-state index in [1.165, 1.54) is 50.6 Å². The molecule has 2 N–H and O–H groups in total. The van der Waals surface area contributed by atoms with Crippen molar-refractivity contribution < 1.29 is 32.9 Å². The van der Waals surface area contributed by atoms with E-state index in [0.29, 0.717) is 16.9 Å². The maximum absolute atomic E-state index is 12.1. The third-order valence-electron chi connectivity index (χ3n) is 3.68. The Morgan fingerprint density at radius 1 is 0.929 bits per heavy atom. The van der Waals surface area contributed by atoms with Crippen molar-refractivity contribution >= 4 is 27.8 Å². The second kappa shape index (κ2) is 9.09. The van der Waals surface area contributed by atoms with Crippen LogP contribution in [0.1, 0.15) is 11.1 Å². The molecule has 0 heterocycles. The van der Waals surface area contributed by atoms with Crippen molar-refractivity contribution in [3.05, 3.63) is 59.0 Å². The number of ether oxygens (including phenoxy) is 2. The van der Waals surface area contributed by atoms with Crippen molar-refractivity contribution in [1.82, 2.24) is 0 Å². The van der Waals surface area contributed by atoms with E-state index in [1.54, 1.807) is 12.1 Å². The minimum atomic E-state index is -3.79. The Morgan fingerprint density at radius 3 is 1.89 bits per heavy atom. The lowest BCUT2D eigenvalue weighted by Gasteiger charge is -2.03. The Balaban J connectivity index is 2.03. The second-order valence-electron chi connectivity index (χ2n) is 5.77. The van der Waals surface area contributed by atoms with Crippen LogP contribution in [0.15, 0.2) is 47.9 Å². The highest BCUT2D eigenvalue weighted by Gasteiger charge is 2.12. The zero-order valence-electron chi connectivity index (χ0n) is 15.3. The van der Waals surface area contributed by atoms with E-state index in [2.05, 4.69) is 0 Å². The predicted octanol–water partition coefficient (Wildman–Crippen LogP) is 2.78. The maximum Gasteiger partial charge on any atom is 0.179 e. The molecule has 0 aliphatic rings. The average molecular weight is 404 g/mol. The van der Waals surface area contributed by atoms with Crippen molar-refractivity contribution in [2.45, 2.75) is 0 Å². The fourth-order valence-electron chi connectivity index (χ4n) is 2.29. The summed E-state index contributed by atoms with van der Waals surface area (Å²) in [6.45, 7) is 0. The fraction of sp³-hybridized carbons (Fsp3) is 0.150. The van der Waals surface area contributed by atoms with Gasteiger partial charge in [-0.1, -0.05) is 18.2 Å². The first-order valence-corrected chi connectivity index (χ1v) is 9.81. The molecule has 0 atom stereocenters. The molecular formula is C20H20O7S. The third-order valence-corrected chi connectivity index (χ3v) is 4.92. The van der Waals surface area contributed by atoms with Crippen LogP contribution in [0.4, 0.5) is 0 Å². The lowest BCUT2D eigenvalue weighted by atomic mass is 10.2. The first-order chi connectivity index (χ1) is 13.2. The van der Waals surface area contributed by atoms with Gasteiger partial charge in [-0.05, 0) is 47.5 Å². The van der Waals surface area contributed by atoms with Gasteiger partial charge in [0.05, 0.1) is 14.2 Å². The van der Waals surface area contributed by atoms with Crippen LogP contribution in [-0.2, 0) is 14.6 Å². The van der Waals surface area contributed by atoms with Gasteiger partial charge in [0, 0.05) is 5.41 Å². The molecule has 0 amide bonds. The summed E-state index contributed by atoms with van der Waals surface area (Å²) in [5.74, 6) is -0.966. The molecule has 0 spiro atoms. The molecule has 28 heavy (non-hydrogen) atoms. The molecule has 2 aromatic carbocycles. The molecule has 0 aliphatic heterocycles. The van der Waals surface area contributed by atoms with Gasteiger partial charge in [-0.25, -0.2) is 8.42 Å². The monoisotopic (exact) mass is 404 g/mol. The largest absolute Gasteiger partial charge is 0.504 e. The average Bonchev–Trinajstić information content (AvgIpc) is 2.64. The van der Waals surface area contributed by atoms with Crippen LogP contribution < -0.4 is 9.47 Å². The molecule has 7 nitrogen and oxygen atoms in total. The van der Waals surface area contributed by atoms with Crippen molar-refractivity contribution in [3.8, 4) is 23.0 Å². The van der Waals surface area contributed by atoms with Gasteiger partial charge in [-0.3, -0.25) is 4.79 Å². The van der Waals surface area contributed by atoms with Gasteiger partial charge in [0.15, 0.2) is 38.6 Å². The number of carbonyl (C=O) groups excluding carboxylic acids is 1. The molecular weight excluding hydrogens is 384 g/mol. The Bertz CT molecular complexity index is 1020. The molecule has 0 saturated heterocycles. The van der Waals surface area contributed by atoms with E-state index in [-0.39, 0.29) is 17.2 Å². The first kappa shape index (κ1) is 21.0. The Hall–Kier alpha value is -3.26. The number of carbonyl (C=O) groups is 1. The Morgan fingerprint density at radius 2 is 1.43 bits per heavy atom. The van der Waals surface area contributed by atoms with Crippen LogP contribution in [0.5, 0.6) is 23.0 Å². The van der Waals surface area contributed by atoms with Gasteiger partial charge in [-0.2, -0.15) is 0 Å². The van der Waals surface area contributed by atoms with Crippen LogP contribution in [0, 0.1) is 0 Å². The highest BCUT2D eigenvalue weighted by atomic mass is 32.2. The molecule has 0 aliphatic carbocycles. The summed E-state index contributed by atoms with van der Waals surface area (Å²) in [6, 6.07) is 8.97. The van der Waals surface area contributed by atoms with Gasteiger partial charge >= 0.3 is 0 Å². The molecule has 0 unspecified atom stereocenters. The van der Waals surface area contributed by atoms with Gasteiger partial charge < -0.3 is 19.7 Å². The molecule has 0 fully saturated rings. The number of aromatic hydroxyl groups is 2. The molecule has 0 saturated carbocycles. The topological polar surface area (TPSA) is 110 Å². The molecule has 0 bridgehead atoms. The summed E-state index contributed by atoms with van der Waals surface area (Å²) in [5.41, 5.74) is 0.965. The molecule has 2 rings (SSSR count). The molecule has 0 radical (unpaired) electrons. The molecule has 8 heteroatoms. The number of methoxy groups -OCH3 is 2. The van der Waals surface area contributed by atoms with Crippen LogP contribution in [-0.4, -0.2) is 44.4 Å². The van der Waals surface area contributed by atoms with E-state index in [4.69, 9.17) is 9.47 Å². The number of phenols is 2. The minimum Gasteiger partial charge on any atom is -0.504 e. The standard InChI is InChI=1S/C20H20O7S/c1-26-19-7-4-14(11-17(19)22)3-6-16(21)13-28(24,25)10-9-15-5-8-20(27-2)18(23)12-15/h3-12,22-23H,13H2,1-2H3/b6-3-,10-9?.